The molecule has 2 saturated carbocycles. The Hall–Kier alpha value is -1.36. The monoisotopic (exact) mass is 372 g/mol. The number of rotatable bonds is 5. The minimum Gasteiger partial charge on any atom is -0.343 e. The highest BCUT2D eigenvalue weighted by Crippen LogP contribution is 2.30. The average molecular weight is 373 g/mol. The number of fused-ring (bicyclic) bond motifs is 1. The molecule has 1 amide bonds. The minimum atomic E-state index is 0.0650. The van der Waals surface area contributed by atoms with Gasteiger partial charge in [0.05, 0.1) is 0 Å². The summed E-state index contributed by atoms with van der Waals surface area (Å²) in [6.07, 6.45) is 15.3. The minimum absolute atomic E-state index is 0.0650. The Morgan fingerprint density at radius 1 is 1.04 bits per heavy atom. The van der Waals surface area contributed by atoms with Crippen LogP contribution in [0.2, 0.25) is 0 Å². The second-order valence-corrected chi connectivity index (χ2v) is 9.25. The van der Waals surface area contributed by atoms with Gasteiger partial charge in [-0.05, 0) is 50.9 Å². The Morgan fingerprint density at radius 3 is 2.44 bits per heavy atom. The van der Waals surface area contributed by atoms with Crippen LogP contribution in [0.5, 0.6) is 0 Å². The fourth-order valence-corrected chi connectivity index (χ4v) is 5.40. The van der Waals surface area contributed by atoms with Crippen molar-refractivity contribution in [3.63, 3.8) is 0 Å². The highest BCUT2D eigenvalue weighted by atomic mass is 16.2. The zero-order chi connectivity index (χ0) is 18.8. The van der Waals surface area contributed by atoms with Gasteiger partial charge in [-0.3, -0.25) is 9.48 Å². The van der Waals surface area contributed by atoms with E-state index in [0.717, 1.165) is 25.3 Å². The van der Waals surface area contributed by atoms with Crippen LogP contribution in [0.4, 0.5) is 0 Å². The van der Waals surface area contributed by atoms with Gasteiger partial charge in [-0.2, -0.15) is 5.10 Å². The smallest absolute Gasteiger partial charge is 0.274 e. The molecule has 1 atom stereocenters. The summed E-state index contributed by atoms with van der Waals surface area (Å²) in [5, 5.41) is 8.75. The Labute approximate surface area is 163 Å². The van der Waals surface area contributed by atoms with E-state index in [1.165, 1.54) is 75.5 Å². The van der Waals surface area contributed by atoms with Gasteiger partial charge < -0.3 is 10.2 Å². The number of nitrogens with one attached hydrogen (secondary N) is 1. The van der Waals surface area contributed by atoms with E-state index >= 15 is 0 Å². The average Bonchev–Trinajstić information content (AvgIpc) is 3.30. The van der Waals surface area contributed by atoms with E-state index in [-0.39, 0.29) is 5.91 Å². The molecule has 150 valence electrons. The fourth-order valence-electron chi connectivity index (χ4n) is 5.40. The Kier molecular flexibility index (Phi) is 5.86. The number of carbonyl (C=O) groups excluding carboxylic acids is 1. The summed E-state index contributed by atoms with van der Waals surface area (Å²) in [7, 11) is 3.68. The maximum absolute atomic E-state index is 12.8. The number of carbonyl (C=O) groups is 1. The van der Waals surface area contributed by atoms with E-state index in [1.807, 2.05) is 14.1 Å². The van der Waals surface area contributed by atoms with Gasteiger partial charge in [0.15, 0.2) is 5.69 Å². The predicted octanol–water partition coefficient (Wildman–Crippen LogP) is 3.55. The van der Waals surface area contributed by atoms with Gasteiger partial charge in [0.2, 0.25) is 0 Å². The van der Waals surface area contributed by atoms with E-state index < -0.39 is 0 Å². The van der Waals surface area contributed by atoms with Crippen molar-refractivity contribution in [2.75, 3.05) is 14.1 Å². The van der Waals surface area contributed by atoms with E-state index in [0.29, 0.717) is 17.8 Å². The van der Waals surface area contributed by atoms with Gasteiger partial charge >= 0.3 is 0 Å². The molecule has 0 saturated heterocycles. The molecule has 1 N–H and O–H groups in total. The van der Waals surface area contributed by atoms with Crippen LogP contribution < -0.4 is 5.32 Å². The summed E-state index contributed by atoms with van der Waals surface area (Å²) in [4.78, 5) is 14.5. The number of hydrogen-bond acceptors (Lipinski definition) is 3. The number of nitrogens with zero attached hydrogens (tertiary/aromatic N) is 3. The summed E-state index contributed by atoms with van der Waals surface area (Å²) in [5.41, 5.74) is 3.28. The van der Waals surface area contributed by atoms with Crippen molar-refractivity contribution in [3.05, 3.63) is 17.0 Å². The molecule has 1 aromatic heterocycles. The van der Waals surface area contributed by atoms with Crippen LogP contribution >= 0.6 is 0 Å². The van der Waals surface area contributed by atoms with Crippen molar-refractivity contribution in [1.82, 2.24) is 20.0 Å². The first-order chi connectivity index (χ1) is 13.1. The summed E-state index contributed by atoms with van der Waals surface area (Å²) in [5.74, 6) is 0.801. The lowest BCUT2D eigenvalue weighted by Crippen LogP contribution is -2.41. The number of amides is 1. The van der Waals surface area contributed by atoms with E-state index in [9.17, 15) is 4.79 Å². The molecular formula is C22H36N4O. The molecule has 1 aromatic rings. The Morgan fingerprint density at radius 2 is 1.74 bits per heavy atom. The summed E-state index contributed by atoms with van der Waals surface area (Å²) in [6, 6.07) is 1.18. The number of hydrogen-bond donors (Lipinski definition) is 1. The molecule has 0 spiro atoms. The predicted molar refractivity (Wildman–Crippen MR) is 108 cm³/mol. The van der Waals surface area contributed by atoms with Gasteiger partial charge in [-0.1, -0.05) is 32.1 Å². The van der Waals surface area contributed by atoms with Crippen molar-refractivity contribution in [2.24, 2.45) is 5.92 Å². The van der Waals surface area contributed by atoms with Crippen LogP contribution in [-0.4, -0.2) is 46.8 Å². The molecule has 5 nitrogen and oxygen atoms in total. The standard InChI is InChI=1S/C22H36N4O/c1-25(2)22(27)21-19-14-18(23-17-10-6-7-11-17)12-13-20(19)26(24-21)15-16-8-4-3-5-9-16/h16-18,23H,3-15H2,1-2H3/t18-/m0/s1. The van der Waals surface area contributed by atoms with Crippen molar-refractivity contribution < 1.29 is 4.79 Å². The lowest BCUT2D eigenvalue weighted by molar-refractivity contribution is 0.0819. The second-order valence-electron chi connectivity index (χ2n) is 9.25. The summed E-state index contributed by atoms with van der Waals surface area (Å²) >= 11 is 0. The normalized spacial score (nSPS) is 24.1. The molecular weight excluding hydrogens is 336 g/mol. The maximum atomic E-state index is 12.8. The summed E-state index contributed by atoms with van der Waals surface area (Å²) < 4.78 is 2.22. The first-order valence-corrected chi connectivity index (χ1v) is 11.2. The van der Waals surface area contributed by atoms with Crippen LogP contribution in [0.25, 0.3) is 0 Å². The zero-order valence-corrected chi connectivity index (χ0v) is 17.2. The molecule has 5 heteroatoms. The van der Waals surface area contributed by atoms with Crippen LogP contribution in [0, 0.1) is 5.92 Å². The third-order valence-corrected chi connectivity index (χ3v) is 6.94. The molecule has 3 aliphatic rings. The third kappa shape index (κ3) is 4.23. The van der Waals surface area contributed by atoms with Gasteiger partial charge in [0, 0.05) is 44.0 Å². The number of aromatic nitrogens is 2. The fraction of sp³-hybridized carbons (Fsp3) is 0.818. The van der Waals surface area contributed by atoms with Gasteiger partial charge in [0.25, 0.3) is 5.91 Å². The maximum Gasteiger partial charge on any atom is 0.274 e. The van der Waals surface area contributed by atoms with Crippen molar-refractivity contribution in [2.45, 2.75) is 95.7 Å². The molecule has 0 unspecified atom stereocenters. The zero-order valence-electron chi connectivity index (χ0n) is 17.2. The molecule has 27 heavy (non-hydrogen) atoms. The van der Waals surface area contributed by atoms with Crippen LogP contribution in [0.1, 0.15) is 86.0 Å². The SMILES string of the molecule is CN(C)C(=O)c1nn(CC2CCCCC2)c2c1C[C@@H](NC1CCCC1)CC2. The Balaban J connectivity index is 1.54. The van der Waals surface area contributed by atoms with Gasteiger partial charge in [-0.25, -0.2) is 0 Å². The lowest BCUT2D eigenvalue weighted by Gasteiger charge is -2.28. The quantitative estimate of drug-likeness (QED) is 0.860. The molecule has 4 rings (SSSR count). The highest BCUT2D eigenvalue weighted by Gasteiger charge is 2.31. The van der Waals surface area contributed by atoms with Crippen molar-refractivity contribution >= 4 is 5.91 Å². The first-order valence-electron chi connectivity index (χ1n) is 11.2. The topological polar surface area (TPSA) is 50.2 Å². The van der Waals surface area contributed by atoms with Crippen LogP contribution in [-0.2, 0) is 19.4 Å². The van der Waals surface area contributed by atoms with Crippen molar-refractivity contribution in [1.29, 1.82) is 0 Å². The molecule has 1 heterocycles. The van der Waals surface area contributed by atoms with E-state index in [1.54, 1.807) is 4.90 Å². The van der Waals surface area contributed by atoms with E-state index in [2.05, 4.69) is 10.00 Å². The van der Waals surface area contributed by atoms with Crippen LogP contribution in [0.15, 0.2) is 0 Å². The molecule has 2 fully saturated rings. The Bertz CT molecular complexity index is 654. The lowest BCUT2D eigenvalue weighted by atomic mass is 9.88. The highest BCUT2D eigenvalue weighted by molar-refractivity contribution is 5.93. The van der Waals surface area contributed by atoms with Gasteiger partial charge in [0.1, 0.15) is 0 Å². The second kappa shape index (κ2) is 8.34. The summed E-state index contributed by atoms with van der Waals surface area (Å²) in [6.45, 7) is 1.00. The van der Waals surface area contributed by atoms with E-state index in [4.69, 9.17) is 5.10 Å². The molecule has 0 bridgehead atoms. The largest absolute Gasteiger partial charge is 0.343 e. The molecule has 0 radical (unpaired) electrons. The van der Waals surface area contributed by atoms with Crippen molar-refractivity contribution in [3.8, 4) is 0 Å². The van der Waals surface area contributed by atoms with Gasteiger partial charge in [-0.15, -0.1) is 0 Å². The third-order valence-electron chi connectivity index (χ3n) is 6.94. The van der Waals surface area contributed by atoms with Crippen LogP contribution in [0.3, 0.4) is 0 Å². The molecule has 3 aliphatic carbocycles. The first kappa shape index (κ1) is 19.0. The molecule has 0 aliphatic heterocycles. The molecule has 0 aromatic carbocycles.